The Morgan fingerprint density at radius 3 is 1.80 bits per heavy atom. The van der Waals surface area contributed by atoms with E-state index in [0.717, 1.165) is 12.7 Å². The van der Waals surface area contributed by atoms with E-state index in [0.29, 0.717) is 0 Å². The second-order valence-electron chi connectivity index (χ2n) is 3.99. The van der Waals surface area contributed by atoms with Gasteiger partial charge in [0.05, 0.1) is 6.26 Å². The molecular formula is C14H26O. The van der Waals surface area contributed by atoms with Gasteiger partial charge in [-0.2, -0.15) is 0 Å². The van der Waals surface area contributed by atoms with Gasteiger partial charge in [-0.1, -0.05) is 50.8 Å². The Bertz CT molecular complexity index is 159. The summed E-state index contributed by atoms with van der Waals surface area (Å²) in [6.07, 6.45) is 18.8. The van der Waals surface area contributed by atoms with Gasteiger partial charge < -0.3 is 5.11 Å². The van der Waals surface area contributed by atoms with Crippen molar-refractivity contribution in [2.24, 2.45) is 0 Å². The van der Waals surface area contributed by atoms with Crippen LogP contribution in [0, 0.1) is 0 Å². The molecule has 0 aliphatic rings. The number of hydrogen-bond acceptors (Lipinski definition) is 1. The van der Waals surface area contributed by atoms with Gasteiger partial charge in [-0.25, -0.2) is 0 Å². The molecule has 0 aliphatic carbocycles. The number of rotatable bonds is 10. The fraction of sp³-hybridized carbons (Fsp3) is 0.714. The highest BCUT2D eigenvalue weighted by atomic mass is 16.2. The molecule has 1 nitrogen and oxygen atoms in total. The summed E-state index contributed by atoms with van der Waals surface area (Å²) >= 11 is 0. The van der Waals surface area contributed by atoms with Crippen molar-refractivity contribution >= 4 is 0 Å². The van der Waals surface area contributed by atoms with E-state index in [1.165, 1.54) is 51.4 Å². The Hall–Kier alpha value is -0.720. The van der Waals surface area contributed by atoms with Crippen molar-refractivity contribution in [1.82, 2.24) is 0 Å². The zero-order valence-corrected chi connectivity index (χ0v) is 10.1. The van der Waals surface area contributed by atoms with Crippen LogP contribution in [0.25, 0.3) is 0 Å². The third-order valence-electron chi connectivity index (χ3n) is 2.49. The lowest BCUT2D eigenvalue weighted by Crippen LogP contribution is -1.77. The van der Waals surface area contributed by atoms with Gasteiger partial charge in [-0.15, -0.1) is 0 Å². The van der Waals surface area contributed by atoms with E-state index in [4.69, 9.17) is 5.11 Å². The van der Waals surface area contributed by atoms with Crippen molar-refractivity contribution in [3.8, 4) is 0 Å². The quantitative estimate of drug-likeness (QED) is 0.300. The predicted molar refractivity (Wildman–Crippen MR) is 68.1 cm³/mol. The average Bonchev–Trinajstić information content (AvgIpc) is 2.26. The molecule has 0 aromatic rings. The molecule has 0 atom stereocenters. The smallest absolute Gasteiger partial charge is 0.0751 e. The highest BCUT2D eigenvalue weighted by molar-refractivity contribution is 4.81. The molecule has 0 heterocycles. The normalized spacial score (nSPS) is 11.8. The van der Waals surface area contributed by atoms with E-state index < -0.39 is 0 Å². The van der Waals surface area contributed by atoms with Gasteiger partial charge in [-0.3, -0.25) is 0 Å². The van der Waals surface area contributed by atoms with Crippen molar-refractivity contribution in [3.05, 3.63) is 24.5 Å². The van der Waals surface area contributed by atoms with Crippen LogP contribution in [0.2, 0.25) is 0 Å². The van der Waals surface area contributed by atoms with E-state index in [1.807, 2.05) is 6.08 Å². The molecule has 0 aliphatic heterocycles. The Balaban J connectivity index is 3.01. The molecule has 0 saturated carbocycles. The van der Waals surface area contributed by atoms with Gasteiger partial charge in [0, 0.05) is 0 Å². The number of allylic oxidation sites excluding steroid dienone is 3. The number of aliphatic hydroxyl groups is 1. The van der Waals surface area contributed by atoms with Crippen LogP contribution in [0.1, 0.15) is 64.7 Å². The van der Waals surface area contributed by atoms with Gasteiger partial charge in [0.2, 0.25) is 0 Å². The topological polar surface area (TPSA) is 20.2 Å². The van der Waals surface area contributed by atoms with Gasteiger partial charge in [0.25, 0.3) is 0 Å². The van der Waals surface area contributed by atoms with Crippen LogP contribution in [0.5, 0.6) is 0 Å². The molecule has 0 bridgehead atoms. The van der Waals surface area contributed by atoms with Gasteiger partial charge in [-0.05, 0) is 32.1 Å². The van der Waals surface area contributed by atoms with E-state index in [9.17, 15) is 0 Å². The SMILES string of the molecule is CCCCC=CCCCCCC/C=C\O. The van der Waals surface area contributed by atoms with Crippen LogP contribution in [-0.2, 0) is 0 Å². The first-order valence-corrected chi connectivity index (χ1v) is 6.36. The van der Waals surface area contributed by atoms with Crippen LogP contribution in [0.3, 0.4) is 0 Å². The molecule has 1 N–H and O–H groups in total. The second-order valence-corrected chi connectivity index (χ2v) is 3.99. The monoisotopic (exact) mass is 210 g/mol. The largest absolute Gasteiger partial charge is 0.516 e. The maximum absolute atomic E-state index is 8.42. The second kappa shape index (κ2) is 13.3. The third kappa shape index (κ3) is 13.3. The summed E-state index contributed by atoms with van der Waals surface area (Å²) in [5.74, 6) is 0. The zero-order valence-electron chi connectivity index (χ0n) is 10.1. The van der Waals surface area contributed by atoms with E-state index >= 15 is 0 Å². The summed E-state index contributed by atoms with van der Waals surface area (Å²) in [6, 6.07) is 0. The Morgan fingerprint density at radius 1 is 0.733 bits per heavy atom. The first kappa shape index (κ1) is 14.3. The molecule has 88 valence electrons. The molecule has 0 radical (unpaired) electrons. The Labute approximate surface area is 94.9 Å². The molecule has 0 aromatic carbocycles. The van der Waals surface area contributed by atoms with Crippen LogP contribution in [0.4, 0.5) is 0 Å². The van der Waals surface area contributed by atoms with Crippen LogP contribution in [-0.4, -0.2) is 5.11 Å². The van der Waals surface area contributed by atoms with Gasteiger partial charge in [0.1, 0.15) is 0 Å². The summed E-state index contributed by atoms with van der Waals surface area (Å²) < 4.78 is 0. The van der Waals surface area contributed by atoms with Crippen molar-refractivity contribution in [2.75, 3.05) is 0 Å². The molecular weight excluding hydrogens is 184 g/mol. The third-order valence-corrected chi connectivity index (χ3v) is 2.49. The van der Waals surface area contributed by atoms with Crippen LogP contribution >= 0.6 is 0 Å². The van der Waals surface area contributed by atoms with Crippen molar-refractivity contribution in [3.63, 3.8) is 0 Å². The highest BCUT2D eigenvalue weighted by Gasteiger charge is 1.87. The molecule has 0 fully saturated rings. The standard InChI is InChI=1S/C14H26O/c1-2-3-4-5-6-7-8-9-10-11-12-13-14-15/h5-6,13-15H,2-4,7-12H2,1H3/b6-5?,14-13-. The van der Waals surface area contributed by atoms with Crippen molar-refractivity contribution in [1.29, 1.82) is 0 Å². The molecule has 0 unspecified atom stereocenters. The number of unbranched alkanes of at least 4 members (excludes halogenated alkanes) is 7. The van der Waals surface area contributed by atoms with Crippen LogP contribution in [0.15, 0.2) is 24.5 Å². The minimum Gasteiger partial charge on any atom is -0.516 e. The molecule has 0 saturated heterocycles. The minimum absolute atomic E-state index is 1.02. The lowest BCUT2D eigenvalue weighted by atomic mass is 10.1. The summed E-state index contributed by atoms with van der Waals surface area (Å²) in [4.78, 5) is 0. The molecule has 15 heavy (non-hydrogen) atoms. The van der Waals surface area contributed by atoms with Crippen molar-refractivity contribution in [2.45, 2.75) is 64.7 Å². The number of hydrogen-bond donors (Lipinski definition) is 1. The van der Waals surface area contributed by atoms with Crippen LogP contribution < -0.4 is 0 Å². The van der Waals surface area contributed by atoms with Crippen molar-refractivity contribution < 1.29 is 5.11 Å². The van der Waals surface area contributed by atoms with E-state index in [-0.39, 0.29) is 0 Å². The van der Waals surface area contributed by atoms with Gasteiger partial charge in [0.15, 0.2) is 0 Å². The predicted octanol–water partition coefficient (Wildman–Crippen LogP) is 5.15. The van der Waals surface area contributed by atoms with E-state index in [1.54, 1.807) is 0 Å². The molecule has 0 aromatic heterocycles. The molecule has 0 spiro atoms. The fourth-order valence-corrected chi connectivity index (χ4v) is 1.51. The number of aliphatic hydroxyl groups excluding tert-OH is 1. The maximum Gasteiger partial charge on any atom is 0.0751 e. The lowest BCUT2D eigenvalue weighted by Gasteiger charge is -1.96. The van der Waals surface area contributed by atoms with E-state index in [2.05, 4.69) is 19.1 Å². The lowest BCUT2D eigenvalue weighted by molar-refractivity contribution is 0.469. The molecule has 0 amide bonds. The Kier molecular flexibility index (Phi) is 12.6. The summed E-state index contributed by atoms with van der Waals surface area (Å²) in [6.45, 7) is 2.23. The summed E-state index contributed by atoms with van der Waals surface area (Å²) in [5.41, 5.74) is 0. The fourth-order valence-electron chi connectivity index (χ4n) is 1.51. The highest BCUT2D eigenvalue weighted by Crippen LogP contribution is 2.06. The summed E-state index contributed by atoms with van der Waals surface area (Å²) in [5, 5.41) is 8.42. The summed E-state index contributed by atoms with van der Waals surface area (Å²) in [7, 11) is 0. The maximum atomic E-state index is 8.42. The Morgan fingerprint density at radius 2 is 1.27 bits per heavy atom. The minimum atomic E-state index is 1.02. The average molecular weight is 210 g/mol. The first-order chi connectivity index (χ1) is 7.41. The van der Waals surface area contributed by atoms with Gasteiger partial charge >= 0.3 is 0 Å². The molecule has 1 heteroatoms. The first-order valence-electron chi connectivity index (χ1n) is 6.36. The zero-order chi connectivity index (χ0) is 11.2. The molecule has 0 rings (SSSR count).